The zero-order valence-electron chi connectivity index (χ0n) is 6.60. The van der Waals surface area contributed by atoms with Crippen LogP contribution >= 0.6 is 22.6 Å². The van der Waals surface area contributed by atoms with Gasteiger partial charge in [-0.25, -0.2) is 0 Å². The normalized spacial score (nSPS) is 9.50. The Kier molecular flexibility index (Phi) is 2.91. The minimum atomic E-state index is 0.420. The van der Waals surface area contributed by atoms with Crippen LogP contribution in [0.25, 0.3) is 0 Å². The van der Waals surface area contributed by atoms with Crippen molar-refractivity contribution < 1.29 is 4.74 Å². The van der Waals surface area contributed by atoms with Crippen LogP contribution in [0.4, 0.5) is 5.69 Å². The molecule has 0 aliphatic heterocycles. The van der Waals surface area contributed by atoms with Crippen LogP contribution in [0, 0.1) is 5.41 Å². The van der Waals surface area contributed by atoms with E-state index in [1.807, 2.05) is 22.6 Å². The van der Waals surface area contributed by atoms with Crippen LogP contribution in [0.5, 0.6) is 5.75 Å². The first kappa shape index (κ1) is 9.31. The van der Waals surface area contributed by atoms with E-state index in [1.165, 1.54) is 0 Å². The third-order valence-electron chi connectivity index (χ3n) is 1.50. The molecule has 12 heavy (non-hydrogen) atoms. The fraction of sp³-hybridized carbons (Fsp3) is 0.125. The van der Waals surface area contributed by atoms with E-state index in [9.17, 15) is 0 Å². The van der Waals surface area contributed by atoms with Gasteiger partial charge in [-0.2, -0.15) is 0 Å². The van der Waals surface area contributed by atoms with Gasteiger partial charge in [0, 0.05) is 11.3 Å². The topological polar surface area (TPSA) is 59.1 Å². The summed E-state index contributed by atoms with van der Waals surface area (Å²) in [5, 5.41) is 7.40. The molecule has 3 N–H and O–H groups in total. The lowest BCUT2D eigenvalue weighted by molar-refractivity contribution is 0.415. The number of rotatable bonds is 2. The highest BCUT2D eigenvalue weighted by atomic mass is 127. The van der Waals surface area contributed by atoms with Crippen LogP contribution in [0.3, 0.4) is 0 Å². The molecule has 0 saturated heterocycles. The summed E-state index contributed by atoms with van der Waals surface area (Å²) >= 11 is 1.91. The van der Waals surface area contributed by atoms with Gasteiger partial charge in [0.15, 0.2) is 0 Å². The van der Waals surface area contributed by atoms with Crippen molar-refractivity contribution in [3.05, 3.63) is 23.8 Å². The maximum absolute atomic E-state index is 7.40. The number of nitrogens with two attached hydrogens (primary N) is 1. The summed E-state index contributed by atoms with van der Waals surface area (Å²) in [6, 6.07) is 5.27. The summed E-state index contributed by atoms with van der Waals surface area (Å²) in [6.45, 7) is 0. The van der Waals surface area contributed by atoms with Gasteiger partial charge < -0.3 is 10.5 Å². The largest absolute Gasteiger partial charge is 0.497 e. The standard InChI is InChI=1S/C8H9IN2O/c1-12-5-2-3-7(10)6(4-5)8(9)11/h2-4,11H,10H2,1H3. The highest BCUT2D eigenvalue weighted by Crippen LogP contribution is 2.21. The van der Waals surface area contributed by atoms with E-state index in [0.717, 1.165) is 11.3 Å². The highest BCUT2D eigenvalue weighted by molar-refractivity contribution is 14.1. The average molecular weight is 276 g/mol. The number of benzene rings is 1. The SMILES string of the molecule is COc1ccc(N)c(C(=N)I)c1. The lowest BCUT2D eigenvalue weighted by atomic mass is 10.2. The van der Waals surface area contributed by atoms with E-state index in [-0.39, 0.29) is 0 Å². The number of hydrogen-bond donors (Lipinski definition) is 2. The summed E-state index contributed by atoms with van der Waals surface area (Å²) in [5.41, 5.74) is 6.97. The molecule has 0 unspecified atom stereocenters. The molecule has 0 bridgehead atoms. The van der Waals surface area contributed by atoms with Crippen molar-refractivity contribution in [3.8, 4) is 5.75 Å². The Morgan fingerprint density at radius 1 is 1.58 bits per heavy atom. The average Bonchev–Trinajstić information content (AvgIpc) is 2.05. The van der Waals surface area contributed by atoms with Gasteiger partial charge in [-0.05, 0) is 40.8 Å². The third kappa shape index (κ3) is 1.88. The number of methoxy groups -OCH3 is 1. The van der Waals surface area contributed by atoms with Crippen molar-refractivity contribution in [2.75, 3.05) is 12.8 Å². The zero-order chi connectivity index (χ0) is 9.14. The molecule has 0 saturated carbocycles. The van der Waals surface area contributed by atoms with Crippen molar-refractivity contribution in [2.24, 2.45) is 0 Å². The predicted octanol–water partition coefficient (Wildman–Crippen LogP) is 2.04. The second-order valence-corrected chi connectivity index (χ2v) is 3.35. The smallest absolute Gasteiger partial charge is 0.119 e. The molecule has 1 aromatic rings. The van der Waals surface area contributed by atoms with Crippen molar-refractivity contribution >= 4 is 32.0 Å². The van der Waals surface area contributed by atoms with Crippen LogP contribution in [0.15, 0.2) is 18.2 Å². The second-order valence-electron chi connectivity index (χ2n) is 2.27. The van der Waals surface area contributed by atoms with Gasteiger partial charge in [-0.3, -0.25) is 5.41 Å². The predicted molar refractivity (Wildman–Crippen MR) is 58.3 cm³/mol. The van der Waals surface area contributed by atoms with Crippen LogP contribution in [0.2, 0.25) is 0 Å². The summed E-state index contributed by atoms with van der Waals surface area (Å²) in [5.74, 6) is 0.723. The Hall–Kier alpha value is -0.780. The van der Waals surface area contributed by atoms with Gasteiger partial charge in [0.2, 0.25) is 0 Å². The number of anilines is 1. The van der Waals surface area contributed by atoms with Crippen LogP contribution in [-0.2, 0) is 0 Å². The molecule has 0 atom stereocenters. The Bertz CT molecular complexity index is 312. The molecule has 64 valence electrons. The zero-order valence-corrected chi connectivity index (χ0v) is 8.75. The Morgan fingerprint density at radius 2 is 2.25 bits per heavy atom. The molecule has 0 fully saturated rings. The van der Waals surface area contributed by atoms with Gasteiger partial charge in [0.1, 0.15) is 9.47 Å². The third-order valence-corrected chi connectivity index (χ3v) is 2.08. The summed E-state index contributed by atoms with van der Waals surface area (Å²) < 4.78 is 5.42. The Morgan fingerprint density at radius 3 is 2.75 bits per heavy atom. The fourth-order valence-corrected chi connectivity index (χ4v) is 1.32. The van der Waals surface area contributed by atoms with Crippen molar-refractivity contribution in [1.29, 1.82) is 5.41 Å². The Labute approximate surface area is 84.6 Å². The minimum absolute atomic E-state index is 0.420. The molecule has 1 rings (SSSR count). The molecule has 0 amide bonds. The highest BCUT2D eigenvalue weighted by Gasteiger charge is 2.03. The van der Waals surface area contributed by atoms with Crippen molar-refractivity contribution in [3.63, 3.8) is 0 Å². The van der Waals surface area contributed by atoms with Gasteiger partial charge in [0.05, 0.1) is 7.11 Å². The van der Waals surface area contributed by atoms with Gasteiger partial charge in [0.25, 0.3) is 0 Å². The lowest BCUT2D eigenvalue weighted by Crippen LogP contribution is -1.97. The van der Waals surface area contributed by atoms with E-state index in [0.29, 0.717) is 9.41 Å². The molecule has 0 heterocycles. The first-order chi connectivity index (χ1) is 5.65. The maximum atomic E-state index is 7.40. The summed E-state index contributed by atoms with van der Waals surface area (Å²) in [6.07, 6.45) is 0. The van der Waals surface area contributed by atoms with Gasteiger partial charge in [-0.1, -0.05) is 0 Å². The van der Waals surface area contributed by atoms with E-state index in [4.69, 9.17) is 15.9 Å². The van der Waals surface area contributed by atoms with Gasteiger partial charge >= 0.3 is 0 Å². The molecule has 0 spiro atoms. The van der Waals surface area contributed by atoms with Crippen LogP contribution in [0.1, 0.15) is 5.56 Å². The molecule has 3 nitrogen and oxygen atoms in total. The summed E-state index contributed by atoms with van der Waals surface area (Å²) in [7, 11) is 1.59. The maximum Gasteiger partial charge on any atom is 0.119 e. The fourth-order valence-electron chi connectivity index (χ4n) is 0.852. The number of hydrogen-bond acceptors (Lipinski definition) is 3. The van der Waals surface area contributed by atoms with Gasteiger partial charge in [-0.15, -0.1) is 0 Å². The summed E-state index contributed by atoms with van der Waals surface area (Å²) in [4.78, 5) is 0. The van der Waals surface area contributed by atoms with E-state index in [2.05, 4.69) is 0 Å². The quantitative estimate of drug-likeness (QED) is 0.493. The molecular weight excluding hydrogens is 267 g/mol. The van der Waals surface area contributed by atoms with Crippen LogP contribution in [-0.4, -0.2) is 10.8 Å². The number of nitrogen functional groups attached to an aromatic ring is 1. The molecule has 0 aromatic heterocycles. The van der Waals surface area contributed by atoms with Crippen molar-refractivity contribution in [2.45, 2.75) is 0 Å². The minimum Gasteiger partial charge on any atom is -0.497 e. The van der Waals surface area contributed by atoms with E-state index in [1.54, 1.807) is 25.3 Å². The number of halogens is 1. The van der Waals surface area contributed by atoms with Crippen molar-refractivity contribution in [1.82, 2.24) is 0 Å². The first-order valence-electron chi connectivity index (χ1n) is 3.33. The Balaban J connectivity index is 3.17. The molecular formula is C8H9IN2O. The lowest BCUT2D eigenvalue weighted by Gasteiger charge is -2.04. The van der Waals surface area contributed by atoms with Crippen LogP contribution < -0.4 is 10.5 Å². The molecule has 0 aliphatic rings. The second kappa shape index (κ2) is 3.75. The molecule has 4 heteroatoms. The molecule has 0 radical (unpaired) electrons. The van der Waals surface area contributed by atoms with E-state index >= 15 is 0 Å². The number of nitrogens with one attached hydrogen (secondary N) is 1. The monoisotopic (exact) mass is 276 g/mol. The van der Waals surface area contributed by atoms with E-state index < -0.39 is 0 Å². The molecule has 1 aromatic carbocycles. The molecule has 0 aliphatic carbocycles. The number of ether oxygens (including phenoxy) is 1. The first-order valence-corrected chi connectivity index (χ1v) is 4.41.